The van der Waals surface area contributed by atoms with Crippen LogP contribution in [0.15, 0.2) is 71.9 Å². The number of ether oxygens (including phenoxy) is 1. The van der Waals surface area contributed by atoms with Gasteiger partial charge in [-0.1, -0.05) is 0 Å². The minimum atomic E-state index is 0.305. The van der Waals surface area contributed by atoms with E-state index in [9.17, 15) is 0 Å². The number of rotatable bonds is 5. The van der Waals surface area contributed by atoms with E-state index < -0.39 is 0 Å². The highest BCUT2D eigenvalue weighted by Gasteiger charge is 2.13. The van der Waals surface area contributed by atoms with Gasteiger partial charge in [-0.25, -0.2) is 9.98 Å². The van der Waals surface area contributed by atoms with Crippen LogP contribution in [0.4, 0.5) is 17.2 Å². The van der Waals surface area contributed by atoms with Crippen molar-refractivity contribution in [3.63, 3.8) is 0 Å². The number of nitrogens with one attached hydrogen (secondary N) is 2. The molecule has 4 aromatic rings. The number of halogens is 2. The minimum absolute atomic E-state index is 0.305. The fourth-order valence-electron chi connectivity index (χ4n) is 3.71. The smallest absolute Gasteiger partial charge is 0.198 e. The quantitative estimate of drug-likeness (QED) is 0.152. The summed E-state index contributed by atoms with van der Waals surface area (Å²) in [5, 5.41) is 6.50. The Morgan fingerprint density at radius 2 is 1.80 bits per heavy atom. The van der Waals surface area contributed by atoms with Gasteiger partial charge >= 0.3 is 0 Å². The summed E-state index contributed by atoms with van der Waals surface area (Å²) >= 11 is 4.51. The van der Waals surface area contributed by atoms with E-state index in [1.807, 2.05) is 66.9 Å². The van der Waals surface area contributed by atoms with Gasteiger partial charge < -0.3 is 26.0 Å². The van der Waals surface area contributed by atoms with Crippen LogP contribution in [-0.2, 0) is 0 Å². The van der Waals surface area contributed by atoms with E-state index in [2.05, 4.69) is 70.7 Å². The summed E-state index contributed by atoms with van der Waals surface area (Å²) in [4.78, 5) is 16.1. The van der Waals surface area contributed by atoms with Crippen LogP contribution in [-0.4, -0.2) is 42.1 Å². The molecule has 0 saturated carbocycles. The topological polar surface area (TPSA) is 101 Å². The molecule has 4 N–H and O–H groups in total. The molecule has 1 aliphatic heterocycles. The molecule has 0 bridgehead atoms. The van der Waals surface area contributed by atoms with Gasteiger partial charge in [0.25, 0.3) is 0 Å². The summed E-state index contributed by atoms with van der Waals surface area (Å²) in [5.74, 6) is 2.60. The number of piperazine rings is 1. The van der Waals surface area contributed by atoms with E-state index >= 15 is 0 Å². The van der Waals surface area contributed by atoms with E-state index in [0.717, 1.165) is 61.5 Å². The largest absolute Gasteiger partial charge is 0.456 e. The van der Waals surface area contributed by atoms with Crippen LogP contribution < -0.4 is 26.0 Å². The van der Waals surface area contributed by atoms with Crippen molar-refractivity contribution in [2.75, 3.05) is 36.4 Å². The zero-order chi connectivity index (χ0) is 24.2. The van der Waals surface area contributed by atoms with Crippen LogP contribution in [0.1, 0.15) is 0 Å². The van der Waals surface area contributed by atoms with Gasteiger partial charge in [0.15, 0.2) is 5.96 Å². The third-order valence-corrected chi connectivity index (χ3v) is 7.06. The summed E-state index contributed by atoms with van der Waals surface area (Å²) in [5.41, 5.74) is 9.34. The van der Waals surface area contributed by atoms with E-state index in [-0.39, 0.29) is 0 Å². The summed E-state index contributed by atoms with van der Waals surface area (Å²) < 4.78 is 8.36. The predicted molar refractivity (Wildman–Crippen MR) is 158 cm³/mol. The van der Waals surface area contributed by atoms with Crippen LogP contribution in [0.5, 0.6) is 11.5 Å². The normalized spacial score (nSPS) is 14.2. The second kappa shape index (κ2) is 10.9. The molecular weight excluding hydrogens is 668 g/mol. The third kappa shape index (κ3) is 6.11. The van der Waals surface area contributed by atoms with Gasteiger partial charge in [-0.2, -0.15) is 0 Å². The Bertz CT molecular complexity index is 1370. The molecule has 3 aromatic carbocycles. The number of nitrogens with two attached hydrogens (primary N) is 1. The minimum Gasteiger partial charge on any atom is -0.456 e. The molecule has 2 heterocycles. The average Bonchev–Trinajstić information content (AvgIpc) is 2.87. The van der Waals surface area contributed by atoms with Crippen LogP contribution >= 0.6 is 45.2 Å². The zero-order valence-corrected chi connectivity index (χ0v) is 23.0. The van der Waals surface area contributed by atoms with E-state index in [4.69, 9.17) is 15.5 Å². The summed E-state index contributed by atoms with van der Waals surface area (Å²) in [6, 6.07) is 19.4. The molecule has 0 atom stereocenters. The molecule has 8 nitrogen and oxygen atoms in total. The number of fused-ring (bicyclic) bond motifs is 1. The van der Waals surface area contributed by atoms with Crippen molar-refractivity contribution in [3.8, 4) is 11.5 Å². The lowest BCUT2D eigenvalue weighted by atomic mass is 10.2. The molecule has 1 fully saturated rings. The van der Waals surface area contributed by atoms with Crippen molar-refractivity contribution in [1.82, 2.24) is 15.3 Å². The Hall–Kier alpha value is -2.71. The number of anilines is 2. The number of aliphatic imine (C=N–C) groups is 1. The van der Waals surface area contributed by atoms with Gasteiger partial charge in [-0.15, -0.1) is 0 Å². The Morgan fingerprint density at radius 3 is 2.60 bits per heavy atom. The average molecular weight is 691 g/mol. The van der Waals surface area contributed by atoms with Crippen molar-refractivity contribution in [2.24, 2.45) is 10.7 Å². The standard InChI is InChI=1S/C25H23I2N7O/c26-16-1-3-17(4-2-16)31-25(28)32-18-5-7-20(27)23(13-18)35-19-6-8-21-22(14-19)33-24(15-30-21)34-11-9-29-10-12-34/h1-8,13-15,29H,9-12H2,(H3,28,31,32). The number of aromatic nitrogens is 2. The van der Waals surface area contributed by atoms with E-state index in [1.165, 1.54) is 0 Å². The van der Waals surface area contributed by atoms with Crippen molar-refractivity contribution < 1.29 is 4.74 Å². The molecule has 5 rings (SSSR count). The summed E-state index contributed by atoms with van der Waals surface area (Å²) in [6.45, 7) is 3.74. The number of nitrogens with zero attached hydrogens (tertiary/aromatic N) is 4. The molecule has 0 amide bonds. The van der Waals surface area contributed by atoms with Crippen molar-refractivity contribution in [2.45, 2.75) is 0 Å². The SMILES string of the molecule is NC(=Nc1ccc(I)cc1)Nc1ccc(I)c(Oc2ccc3ncc(N4CCNCC4)nc3c2)c1. The van der Waals surface area contributed by atoms with Gasteiger partial charge in [0.05, 0.1) is 26.5 Å². The third-order valence-electron chi connectivity index (χ3n) is 5.45. The van der Waals surface area contributed by atoms with Crippen LogP contribution in [0, 0.1) is 7.14 Å². The Labute approximate surface area is 230 Å². The second-order valence-corrected chi connectivity index (χ2v) is 10.4. The van der Waals surface area contributed by atoms with Crippen LogP contribution in [0.25, 0.3) is 11.0 Å². The maximum absolute atomic E-state index is 6.24. The monoisotopic (exact) mass is 691 g/mol. The first-order chi connectivity index (χ1) is 17.0. The maximum atomic E-state index is 6.24. The number of hydrogen-bond acceptors (Lipinski definition) is 6. The lowest BCUT2D eigenvalue weighted by Crippen LogP contribution is -2.43. The fourth-order valence-corrected chi connectivity index (χ4v) is 4.51. The lowest BCUT2D eigenvalue weighted by Gasteiger charge is -2.28. The first kappa shape index (κ1) is 24.0. The molecular formula is C25H23I2N7O. The van der Waals surface area contributed by atoms with Crippen molar-refractivity contribution in [3.05, 3.63) is 74.0 Å². The van der Waals surface area contributed by atoms with Crippen LogP contribution in [0.3, 0.4) is 0 Å². The van der Waals surface area contributed by atoms with E-state index in [0.29, 0.717) is 17.5 Å². The molecule has 0 aliphatic carbocycles. The highest BCUT2D eigenvalue weighted by Crippen LogP contribution is 2.31. The molecule has 0 radical (unpaired) electrons. The Morgan fingerprint density at radius 1 is 1.00 bits per heavy atom. The van der Waals surface area contributed by atoms with Gasteiger partial charge in [-0.3, -0.25) is 4.98 Å². The van der Waals surface area contributed by atoms with Gasteiger partial charge in [0, 0.05) is 47.6 Å². The van der Waals surface area contributed by atoms with Gasteiger partial charge in [0.2, 0.25) is 0 Å². The second-order valence-electron chi connectivity index (χ2n) is 7.96. The fraction of sp³-hybridized carbons (Fsp3) is 0.160. The van der Waals surface area contributed by atoms with Crippen molar-refractivity contribution >= 4 is 79.4 Å². The predicted octanol–water partition coefficient (Wildman–Crippen LogP) is 5.10. The lowest BCUT2D eigenvalue weighted by molar-refractivity contribution is 0.480. The molecule has 0 unspecified atom stereocenters. The Balaban J connectivity index is 1.34. The molecule has 1 aliphatic rings. The van der Waals surface area contributed by atoms with Gasteiger partial charge in [-0.05, 0) is 93.7 Å². The van der Waals surface area contributed by atoms with E-state index in [1.54, 1.807) is 0 Å². The number of benzene rings is 3. The van der Waals surface area contributed by atoms with Crippen molar-refractivity contribution in [1.29, 1.82) is 0 Å². The molecule has 1 saturated heterocycles. The molecule has 0 spiro atoms. The Kier molecular flexibility index (Phi) is 7.48. The first-order valence-corrected chi connectivity index (χ1v) is 13.3. The molecule has 35 heavy (non-hydrogen) atoms. The highest BCUT2D eigenvalue weighted by atomic mass is 127. The maximum Gasteiger partial charge on any atom is 0.198 e. The molecule has 1 aromatic heterocycles. The highest BCUT2D eigenvalue weighted by molar-refractivity contribution is 14.1. The van der Waals surface area contributed by atoms with Crippen LogP contribution in [0.2, 0.25) is 0 Å². The number of guanidine groups is 1. The number of hydrogen-bond donors (Lipinski definition) is 3. The molecule has 10 heteroatoms. The van der Waals surface area contributed by atoms with Gasteiger partial charge in [0.1, 0.15) is 17.3 Å². The summed E-state index contributed by atoms with van der Waals surface area (Å²) in [7, 11) is 0. The first-order valence-electron chi connectivity index (χ1n) is 11.1. The summed E-state index contributed by atoms with van der Waals surface area (Å²) in [6.07, 6.45) is 1.84. The molecule has 178 valence electrons. The zero-order valence-electron chi connectivity index (χ0n) is 18.7.